The van der Waals surface area contributed by atoms with Crippen LogP contribution in [0.3, 0.4) is 0 Å². The molecule has 0 aliphatic rings. The Morgan fingerprint density at radius 3 is 2.07 bits per heavy atom. The van der Waals surface area contributed by atoms with Gasteiger partial charge in [0, 0.05) is 0 Å². The van der Waals surface area contributed by atoms with E-state index in [1.807, 2.05) is 24.3 Å². The molecule has 0 unspecified atom stereocenters. The first-order valence-electron chi connectivity index (χ1n) is 3.76. The average molecular weight is 204 g/mol. The fourth-order valence-corrected chi connectivity index (χ4v) is 1.82. The van der Waals surface area contributed by atoms with Gasteiger partial charge in [-0.2, -0.15) is 0 Å². The van der Waals surface area contributed by atoms with Crippen molar-refractivity contribution in [1.29, 1.82) is 0 Å². The van der Waals surface area contributed by atoms with E-state index in [1.54, 1.807) is 11.3 Å². The van der Waals surface area contributed by atoms with Crippen molar-refractivity contribution in [3.8, 4) is 10.4 Å². The van der Waals surface area contributed by atoms with Crippen LogP contribution in [-0.4, -0.2) is 18.8 Å². The zero-order valence-corrected chi connectivity index (χ0v) is 8.24. The maximum Gasteiger partial charge on any atom is -0.870 e. The summed E-state index contributed by atoms with van der Waals surface area (Å²) in [5.74, 6) is 0. The van der Waals surface area contributed by atoms with Gasteiger partial charge in [0.25, 0.3) is 0 Å². The Bertz CT molecular complexity index is 356. The van der Waals surface area contributed by atoms with E-state index in [-0.39, 0.29) is 11.0 Å². The average Bonchev–Trinajstić information content (AvgIpc) is 2.58. The molecule has 2 N–H and O–H groups in total. The van der Waals surface area contributed by atoms with E-state index >= 15 is 0 Å². The molecule has 2 nitrogen and oxygen atoms in total. The predicted molar refractivity (Wildman–Crippen MR) is 59.0 cm³/mol. The second-order valence-corrected chi connectivity index (χ2v) is 3.55. The van der Waals surface area contributed by atoms with Crippen LogP contribution in [0.2, 0.25) is 0 Å². The van der Waals surface area contributed by atoms with Crippen LogP contribution in [0.15, 0.2) is 41.8 Å². The Hall–Kier alpha value is -1.10. The Labute approximate surface area is 88.2 Å². The maximum atomic E-state index is 5.58. The summed E-state index contributed by atoms with van der Waals surface area (Å²) < 4.78 is 0. The molecule has 0 radical (unpaired) electrons. The van der Waals surface area contributed by atoms with Gasteiger partial charge in [0.1, 0.15) is 0 Å². The van der Waals surface area contributed by atoms with E-state index in [2.05, 4.69) is 17.5 Å². The zero-order chi connectivity index (χ0) is 8.39. The standard InChI is InChI=1S/C10H7BS.2H2O/c11-9-5-3-8(4-6-9)10-2-1-7-12-10;;/h1-7H;2*1H2/q+2;;/p-2. The summed E-state index contributed by atoms with van der Waals surface area (Å²) in [5, 5.41) is 2.08. The second-order valence-electron chi connectivity index (χ2n) is 2.60. The van der Waals surface area contributed by atoms with Crippen molar-refractivity contribution >= 4 is 24.6 Å². The SMILES string of the molecule is [B+2]c1ccc(-c2cccs2)cc1.[OH-].[OH-]. The molecule has 0 aliphatic heterocycles. The number of hydrogen-bond acceptors (Lipinski definition) is 3. The molecule has 0 bridgehead atoms. The van der Waals surface area contributed by atoms with Crippen LogP contribution in [0, 0.1) is 0 Å². The summed E-state index contributed by atoms with van der Waals surface area (Å²) in [4.78, 5) is 1.29. The molecule has 14 heavy (non-hydrogen) atoms. The van der Waals surface area contributed by atoms with Crippen LogP contribution < -0.4 is 5.46 Å². The number of rotatable bonds is 1. The molecule has 2 aromatic rings. The topological polar surface area (TPSA) is 60.0 Å². The monoisotopic (exact) mass is 204 g/mol. The zero-order valence-electron chi connectivity index (χ0n) is 7.42. The molecular formula is C10H9BO2S. The van der Waals surface area contributed by atoms with Gasteiger partial charge >= 0.3 is 76.9 Å². The molecule has 4 heteroatoms. The Balaban J connectivity index is 0.000000845. The predicted octanol–water partition coefficient (Wildman–Crippen LogP) is 1.86. The van der Waals surface area contributed by atoms with Gasteiger partial charge in [0.15, 0.2) is 0 Å². The molecule has 0 fully saturated rings. The van der Waals surface area contributed by atoms with Crippen LogP contribution in [-0.2, 0) is 0 Å². The van der Waals surface area contributed by atoms with Crippen LogP contribution in [0.25, 0.3) is 10.4 Å². The maximum absolute atomic E-state index is 5.58. The largest absolute Gasteiger partial charge is 0.870 e. The summed E-state index contributed by atoms with van der Waals surface area (Å²) in [6, 6.07) is 12.1. The number of benzene rings is 1. The first-order valence-corrected chi connectivity index (χ1v) is 4.63. The third-order valence-corrected chi connectivity index (χ3v) is 2.64. The van der Waals surface area contributed by atoms with Crippen molar-refractivity contribution in [3.05, 3.63) is 41.8 Å². The van der Waals surface area contributed by atoms with E-state index in [0.717, 1.165) is 5.46 Å². The molecule has 70 valence electrons. The Morgan fingerprint density at radius 2 is 1.57 bits per heavy atom. The Kier molecular flexibility index (Phi) is 5.16. The molecule has 0 saturated heterocycles. The molecule has 0 aliphatic carbocycles. The summed E-state index contributed by atoms with van der Waals surface area (Å²) in [6.07, 6.45) is 0. The molecule has 2 rings (SSSR count). The van der Waals surface area contributed by atoms with E-state index in [1.165, 1.54) is 10.4 Å². The van der Waals surface area contributed by atoms with Crippen LogP contribution >= 0.6 is 11.3 Å². The molecule has 1 heterocycles. The Morgan fingerprint density at radius 1 is 0.929 bits per heavy atom. The van der Waals surface area contributed by atoms with E-state index in [0.29, 0.717) is 0 Å². The fourth-order valence-electron chi connectivity index (χ4n) is 1.09. The van der Waals surface area contributed by atoms with Crippen molar-refractivity contribution in [3.63, 3.8) is 0 Å². The van der Waals surface area contributed by atoms with Crippen LogP contribution in [0.5, 0.6) is 0 Å². The summed E-state index contributed by atoms with van der Waals surface area (Å²) in [5.41, 5.74) is 2.05. The van der Waals surface area contributed by atoms with Gasteiger partial charge in [-0.3, -0.25) is 0 Å². The van der Waals surface area contributed by atoms with Crippen molar-refractivity contribution < 1.29 is 11.0 Å². The van der Waals surface area contributed by atoms with Crippen LogP contribution in [0.1, 0.15) is 0 Å². The fraction of sp³-hybridized carbons (Fsp3) is 0. The van der Waals surface area contributed by atoms with E-state index in [9.17, 15) is 0 Å². The number of hydrogen-bond donors (Lipinski definition) is 0. The van der Waals surface area contributed by atoms with Gasteiger partial charge in [-0.05, 0) is 0 Å². The minimum atomic E-state index is 0. The number of thiophene rings is 1. The summed E-state index contributed by atoms with van der Waals surface area (Å²) in [6.45, 7) is 0. The van der Waals surface area contributed by atoms with Gasteiger partial charge in [-0.25, -0.2) is 0 Å². The normalized spacial score (nSPS) is 8.71. The van der Waals surface area contributed by atoms with Crippen LogP contribution in [0.4, 0.5) is 0 Å². The first-order chi connectivity index (χ1) is 5.86. The summed E-state index contributed by atoms with van der Waals surface area (Å²) in [7, 11) is 5.58. The van der Waals surface area contributed by atoms with Crippen molar-refractivity contribution in [2.45, 2.75) is 0 Å². The van der Waals surface area contributed by atoms with E-state index in [4.69, 9.17) is 7.85 Å². The van der Waals surface area contributed by atoms with E-state index < -0.39 is 0 Å². The minimum absolute atomic E-state index is 0. The molecule has 0 atom stereocenters. The summed E-state index contributed by atoms with van der Waals surface area (Å²) >= 11 is 1.74. The molecule has 1 aromatic carbocycles. The third-order valence-electron chi connectivity index (χ3n) is 1.72. The van der Waals surface area contributed by atoms with Gasteiger partial charge in [0.2, 0.25) is 0 Å². The molecule has 0 amide bonds. The van der Waals surface area contributed by atoms with Gasteiger partial charge < -0.3 is 11.0 Å². The van der Waals surface area contributed by atoms with Crippen molar-refractivity contribution in [1.82, 2.24) is 0 Å². The third kappa shape index (κ3) is 2.70. The van der Waals surface area contributed by atoms with Crippen molar-refractivity contribution in [2.75, 3.05) is 0 Å². The van der Waals surface area contributed by atoms with Gasteiger partial charge in [-0.1, -0.05) is 0 Å². The quantitative estimate of drug-likeness (QED) is 0.665. The van der Waals surface area contributed by atoms with Crippen molar-refractivity contribution in [2.24, 2.45) is 0 Å². The minimum Gasteiger partial charge on any atom is -0.870 e. The smallest absolute Gasteiger partial charge is 0.870 e. The molecular weight excluding hydrogens is 195 g/mol. The first kappa shape index (κ1) is 12.9. The molecule has 0 spiro atoms. The molecule has 0 saturated carbocycles. The van der Waals surface area contributed by atoms with Gasteiger partial charge in [-0.15, -0.1) is 0 Å². The van der Waals surface area contributed by atoms with Gasteiger partial charge in [0.05, 0.1) is 0 Å². The second kappa shape index (κ2) is 5.60. The molecule has 1 aromatic heterocycles.